The van der Waals surface area contributed by atoms with Crippen molar-refractivity contribution in [3.05, 3.63) is 114 Å². The SMILES string of the molecule is COc1ccc2c(-c3ccccc3)c3c(c(-c4ccccc4)c2c1)-c1ccccc1C3O. The van der Waals surface area contributed by atoms with E-state index >= 15 is 0 Å². The average Bonchev–Trinajstić information content (AvgIpc) is 3.15. The number of aliphatic hydroxyl groups is 1. The molecule has 32 heavy (non-hydrogen) atoms. The number of benzene rings is 5. The zero-order valence-electron chi connectivity index (χ0n) is 17.7. The largest absolute Gasteiger partial charge is 0.497 e. The van der Waals surface area contributed by atoms with Crippen LogP contribution in [0, 0.1) is 0 Å². The van der Waals surface area contributed by atoms with E-state index in [4.69, 9.17) is 4.74 Å². The summed E-state index contributed by atoms with van der Waals surface area (Å²) in [4.78, 5) is 0. The third-order valence-electron chi connectivity index (χ3n) is 6.48. The van der Waals surface area contributed by atoms with E-state index in [9.17, 15) is 5.11 Å². The Morgan fingerprint density at radius 3 is 1.94 bits per heavy atom. The highest BCUT2D eigenvalue weighted by molar-refractivity contribution is 6.14. The van der Waals surface area contributed by atoms with Crippen molar-refractivity contribution >= 4 is 10.8 Å². The summed E-state index contributed by atoms with van der Waals surface area (Å²) in [6.07, 6.45) is -0.676. The second kappa shape index (κ2) is 7.37. The van der Waals surface area contributed by atoms with Crippen molar-refractivity contribution in [1.29, 1.82) is 0 Å². The van der Waals surface area contributed by atoms with Crippen LogP contribution in [-0.4, -0.2) is 12.2 Å². The third-order valence-corrected chi connectivity index (χ3v) is 6.48. The Bertz CT molecular complexity index is 1450. The smallest absolute Gasteiger partial charge is 0.119 e. The van der Waals surface area contributed by atoms with E-state index in [0.717, 1.165) is 61.0 Å². The molecule has 154 valence electrons. The lowest BCUT2D eigenvalue weighted by Gasteiger charge is -2.21. The van der Waals surface area contributed by atoms with Gasteiger partial charge in [0.05, 0.1) is 7.11 Å². The van der Waals surface area contributed by atoms with Crippen molar-refractivity contribution in [3.63, 3.8) is 0 Å². The standard InChI is InChI=1S/C30H22O2/c1-32-21-16-17-23-25(18-21)27(20-12-6-3-7-13-20)28-22-14-8-9-15-24(22)30(31)29(28)26(23)19-10-4-2-5-11-19/h2-18,30-31H,1H3. The number of hydrogen-bond acceptors (Lipinski definition) is 2. The summed E-state index contributed by atoms with van der Waals surface area (Å²) in [5, 5.41) is 13.8. The van der Waals surface area contributed by atoms with Crippen molar-refractivity contribution in [2.75, 3.05) is 7.11 Å². The van der Waals surface area contributed by atoms with Crippen molar-refractivity contribution in [2.45, 2.75) is 6.10 Å². The first-order chi connectivity index (χ1) is 15.8. The molecular weight excluding hydrogens is 392 g/mol. The Morgan fingerprint density at radius 2 is 1.25 bits per heavy atom. The fraction of sp³-hybridized carbons (Fsp3) is 0.0667. The number of hydrogen-bond donors (Lipinski definition) is 1. The van der Waals surface area contributed by atoms with Gasteiger partial charge in [0.2, 0.25) is 0 Å². The Labute approximate surface area is 187 Å². The maximum absolute atomic E-state index is 11.6. The molecule has 5 aromatic rings. The zero-order chi connectivity index (χ0) is 21.7. The highest BCUT2D eigenvalue weighted by Gasteiger charge is 2.34. The van der Waals surface area contributed by atoms with Crippen molar-refractivity contribution in [3.8, 4) is 39.1 Å². The van der Waals surface area contributed by atoms with Crippen molar-refractivity contribution in [1.82, 2.24) is 0 Å². The van der Waals surface area contributed by atoms with Gasteiger partial charge >= 0.3 is 0 Å². The molecule has 0 bridgehead atoms. The molecule has 0 radical (unpaired) electrons. The topological polar surface area (TPSA) is 29.5 Å². The monoisotopic (exact) mass is 414 g/mol. The lowest BCUT2D eigenvalue weighted by Crippen LogP contribution is -2.00. The molecule has 0 fully saturated rings. The molecule has 1 atom stereocenters. The van der Waals surface area contributed by atoms with Gasteiger partial charge < -0.3 is 9.84 Å². The molecule has 1 aliphatic rings. The number of methoxy groups -OCH3 is 1. The van der Waals surface area contributed by atoms with Gasteiger partial charge in [0.1, 0.15) is 11.9 Å². The van der Waals surface area contributed by atoms with Gasteiger partial charge in [-0.2, -0.15) is 0 Å². The molecule has 1 aliphatic carbocycles. The van der Waals surface area contributed by atoms with Crippen molar-refractivity contribution in [2.24, 2.45) is 0 Å². The molecule has 5 aromatic carbocycles. The van der Waals surface area contributed by atoms with Crippen LogP contribution in [-0.2, 0) is 0 Å². The average molecular weight is 415 g/mol. The summed E-state index contributed by atoms with van der Waals surface area (Å²) in [7, 11) is 1.70. The summed E-state index contributed by atoms with van der Waals surface area (Å²) in [6, 6.07) is 35.3. The van der Waals surface area contributed by atoms with Crippen LogP contribution >= 0.6 is 0 Å². The van der Waals surface area contributed by atoms with Gasteiger partial charge in [0.15, 0.2) is 0 Å². The quantitative estimate of drug-likeness (QED) is 0.337. The second-order valence-electron chi connectivity index (χ2n) is 8.17. The second-order valence-corrected chi connectivity index (χ2v) is 8.17. The summed E-state index contributed by atoms with van der Waals surface area (Å²) in [5.74, 6) is 0.820. The Kier molecular flexibility index (Phi) is 4.34. The summed E-state index contributed by atoms with van der Waals surface area (Å²) in [5.41, 5.74) is 8.60. The maximum Gasteiger partial charge on any atom is 0.119 e. The van der Waals surface area contributed by atoms with E-state index in [1.165, 1.54) is 0 Å². The lowest BCUT2D eigenvalue weighted by molar-refractivity contribution is 0.226. The van der Waals surface area contributed by atoms with Gasteiger partial charge in [-0.15, -0.1) is 0 Å². The van der Waals surface area contributed by atoms with Crippen LogP contribution < -0.4 is 4.74 Å². The predicted octanol–water partition coefficient (Wildman–Crippen LogP) is 7.24. The van der Waals surface area contributed by atoms with Gasteiger partial charge in [0, 0.05) is 5.56 Å². The maximum atomic E-state index is 11.6. The molecule has 0 aromatic heterocycles. The van der Waals surface area contributed by atoms with Crippen LogP contribution in [0.3, 0.4) is 0 Å². The van der Waals surface area contributed by atoms with Crippen LogP contribution in [0.5, 0.6) is 5.75 Å². The highest BCUT2D eigenvalue weighted by atomic mass is 16.5. The molecule has 2 nitrogen and oxygen atoms in total. The molecule has 6 rings (SSSR count). The first-order valence-electron chi connectivity index (χ1n) is 10.8. The predicted molar refractivity (Wildman–Crippen MR) is 131 cm³/mol. The summed E-state index contributed by atoms with van der Waals surface area (Å²) >= 11 is 0. The molecule has 0 saturated carbocycles. The van der Waals surface area contributed by atoms with Gasteiger partial charge in [-0.05, 0) is 61.8 Å². The van der Waals surface area contributed by atoms with E-state index in [0.29, 0.717) is 0 Å². The first kappa shape index (κ1) is 18.9. The molecule has 0 aliphatic heterocycles. The molecule has 1 unspecified atom stereocenters. The number of aliphatic hydroxyl groups excluding tert-OH is 1. The van der Waals surface area contributed by atoms with Crippen LogP contribution in [0.15, 0.2) is 103 Å². The van der Waals surface area contributed by atoms with Gasteiger partial charge in [-0.3, -0.25) is 0 Å². The summed E-state index contributed by atoms with van der Waals surface area (Å²) < 4.78 is 5.62. The van der Waals surface area contributed by atoms with Gasteiger partial charge in [-0.1, -0.05) is 91.0 Å². The Balaban J connectivity index is 1.86. The molecule has 0 heterocycles. The lowest BCUT2D eigenvalue weighted by atomic mass is 9.83. The van der Waals surface area contributed by atoms with E-state index in [2.05, 4.69) is 66.7 Å². The van der Waals surface area contributed by atoms with E-state index in [1.807, 2.05) is 36.4 Å². The Morgan fingerprint density at radius 1 is 0.625 bits per heavy atom. The minimum atomic E-state index is -0.676. The van der Waals surface area contributed by atoms with Gasteiger partial charge in [0.25, 0.3) is 0 Å². The van der Waals surface area contributed by atoms with Crippen LogP contribution in [0.1, 0.15) is 17.2 Å². The van der Waals surface area contributed by atoms with E-state index < -0.39 is 6.10 Å². The molecule has 2 heteroatoms. The molecule has 0 saturated heterocycles. The Hall–Kier alpha value is -3.88. The molecule has 1 N–H and O–H groups in total. The fourth-order valence-corrected chi connectivity index (χ4v) is 5.11. The highest BCUT2D eigenvalue weighted by Crippen LogP contribution is 2.55. The molecule has 0 spiro atoms. The number of fused-ring (bicyclic) bond motifs is 4. The molecule has 0 amide bonds. The number of ether oxygens (including phenoxy) is 1. The van der Waals surface area contributed by atoms with E-state index in [1.54, 1.807) is 7.11 Å². The van der Waals surface area contributed by atoms with Crippen LogP contribution in [0.4, 0.5) is 0 Å². The van der Waals surface area contributed by atoms with Crippen LogP contribution in [0.2, 0.25) is 0 Å². The molecular formula is C30H22O2. The normalized spacial score (nSPS) is 14.2. The number of rotatable bonds is 3. The minimum absolute atomic E-state index is 0.676. The third kappa shape index (κ3) is 2.70. The first-order valence-corrected chi connectivity index (χ1v) is 10.8. The fourth-order valence-electron chi connectivity index (χ4n) is 5.11. The zero-order valence-corrected chi connectivity index (χ0v) is 17.7. The van der Waals surface area contributed by atoms with Gasteiger partial charge in [-0.25, -0.2) is 0 Å². The van der Waals surface area contributed by atoms with E-state index in [-0.39, 0.29) is 0 Å². The minimum Gasteiger partial charge on any atom is -0.497 e. The van der Waals surface area contributed by atoms with Crippen molar-refractivity contribution < 1.29 is 9.84 Å². The van der Waals surface area contributed by atoms with Crippen LogP contribution in [0.25, 0.3) is 44.2 Å². The summed E-state index contributed by atoms with van der Waals surface area (Å²) in [6.45, 7) is 0.